The van der Waals surface area contributed by atoms with E-state index in [-0.39, 0.29) is 0 Å². The van der Waals surface area contributed by atoms with Crippen LogP contribution >= 0.6 is 23.5 Å². The highest BCUT2D eigenvalue weighted by molar-refractivity contribution is 8.14. The molecule has 1 N–H and O–H groups in total. The second kappa shape index (κ2) is 5.67. The molecule has 1 atom stereocenters. The first-order valence-electron chi connectivity index (χ1n) is 6.22. The Morgan fingerprint density at radius 3 is 2.88 bits per heavy atom. The number of nitrogens with zero attached hydrogens (tertiary/aromatic N) is 1. The Labute approximate surface area is 107 Å². The molecule has 0 radical (unpaired) electrons. The van der Waals surface area contributed by atoms with E-state index < -0.39 is 0 Å². The van der Waals surface area contributed by atoms with Crippen molar-refractivity contribution in [2.24, 2.45) is 4.99 Å². The second-order valence-electron chi connectivity index (χ2n) is 4.99. The van der Waals surface area contributed by atoms with Gasteiger partial charge in [0.15, 0.2) is 5.17 Å². The number of amidine groups is 1. The zero-order valence-electron chi connectivity index (χ0n) is 10.3. The normalized spacial score (nSPS) is 28.2. The van der Waals surface area contributed by atoms with Crippen LogP contribution in [0.25, 0.3) is 0 Å². The van der Waals surface area contributed by atoms with Crippen LogP contribution in [0.5, 0.6) is 0 Å². The van der Waals surface area contributed by atoms with Crippen LogP contribution in [0.1, 0.15) is 39.0 Å². The average Bonchev–Trinajstić information content (AvgIpc) is 2.63. The summed E-state index contributed by atoms with van der Waals surface area (Å²) in [6, 6.07) is 0.448. The molecule has 0 aromatic carbocycles. The molecule has 2 nitrogen and oxygen atoms in total. The van der Waals surface area contributed by atoms with Crippen LogP contribution in [0.4, 0.5) is 0 Å². The molecule has 1 heterocycles. The first-order valence-corrected chi connectivity index (χ1v) is 8.60. The molecule has 1 aliphatic heterocycles. The minimum absolute atomic E-state index is 0.404. The van der Waals surface area contributed by atoms with Gasteiger partial charge in [-0.2, -0.15) is 11.8 Å². The molecular weight excluding hydrogens is 236 g/mol. The van der Waals surface area contributed by atoms with Crippen LogP contribution in [0.15, 0.2) is 4.99 Å². The molecule has 2 aliphatic rings. The summed E-state index contributed by atoms with van der Waals surface area (Å²) >= 11 is 3.81. The van der Waals surface area contributed by atoms with Crippen LogP contribution in [0, 0.1) is 0 Å². The molecule has 0 bridgehead atoms. The van der Waals surface area contributed by atoms with E-state index in [1.807, 2.05) is 23.5 Å². The highest BCUT2D eigenvalue weighted by atomic mass is 32.2. The van der Waals surface area contributed by atoms with Gasteiger partial charge in [-0.3, -0.25) is 4.99 Å². The fourth-order valence-electron chi connectivity index (χ4n) is 2.55. The Kier molecular flexibility index (Phi) is 4.48. The van der Waals surface area contributed by atoms with E-state index in [0.717, 1.165) is 5.75 Å². The molecule has 0 aromatic heterocycles. The monoisotopic (exact) mass is 258 g/mol. The molecular formula is C12H22N2S2. The summed E-state index contributed by atoms with van der Waals surface area (Å²) in [4.78, 5) is 4.76. The van der Waals surface area contributed by atoms with E-state index in [1.165, 1.54) is 43.0 Å². The van der Waals surface area contributed by atoms with E-state index >= 15 is 0 Å². The van der Waals surface area contributed by atoms with Crippen LogP contribution in [-0.2, 0) is 0 Å². The summed E-state index contributed by atoms with van der Waals surface area (Å²) in [6.45, 7) is 2.21. The van der Waals surface area contributed by atoms with Gasteiger partial charge in [0.05, 0.1) is 6.04 Å². The number of rotatable bonds is 3. The zero-order chi connectivity index (χ0) is 11.4. The first-order chi connectivity index (χ1) is 7.74. The molecule has 1 aliphatic carbocycles. The van der Waals surface area contributed by atoms with Crippen molar-refractivity contribution in [3.8, 4) is 0 Å². The number of nitrogens with one attached hydrogen (secondary N) is 1. The number of hydrogen-bond donors (Lipinski definition) is 1. The number of aliphatic imine (C=N–C) groups is 1. The molecule has 92 valence electrons. The zero-order valence-corrected chi connectivity index (χ0v) is 11.9. The first kappa shape index (κ1) is 12.6. The van der Waals surface area contributed by atoms with Crippen molar-refractivity contribution < 1.29 is 0 Å². The number of thioether (sulfide) groups is 2. The molecule has 1 spiro atoms. The lowest BCUT2D eigenvalue weighted by Gasteiger charge is -2.32. The van der Waals surface area contributed by atoms with Gasteiger partial charge >= 0.3 is 0 Å². The lowest BCUT2D eigenvalue weighted by Crippen LogP contribution is -2.45. The van der Waals surface area contributed by atoms with Crippen LogP contribution in [0.3, 0.4) is 0 Å². The standard InChI is InChI=1S/C12H22N2S2/c1-10(8-15-2)13-11-14-12(9-16-11)6-4-3-5-7-12/h10H,3-9H2,1-2H3,(H,13,14). The SMILES string of the molecule is CSCC(C)N=C1NC2(CCCCC2)CS1. The Hall–Kier alpha value is 0.170. The highest BCUT2D eigenvalue weighted by Gasteiger charge is 2.38. The van der Waals surface area contributed by atoms with E-state index in [4.69, 9.17) is 4.99 Å². The van der Waals surface area contributed by atoms with Gasteiger partial charge in [0.25, 0.3) is 0 Å². The summed E-state index contributed by atoms with van der Waals surface area (Å²) in [5.74, 6) is 2.36. The van der Waals surface area contributed by atoms with Gasteiger partial charge in [-0.15, -0.1) is 0 Å². The van der Waals surface area contributed by atoms with E-state index in [9.17, 15) is 0 Å². The predicted molar refractivity (Wildman–Crippen MR) is 76.7 cm³/mol. The van der Waals surface area contributed by atoms with Gasteiger partial charge in [0.1, 0.15) is 0 Å². The molecule has 1 saturated heterocycles. The smallest absolute Gasteiger partial charge is 0.157 e. The maximum absolute atomic E-state index is 4.76. The minimum atomic E-state index is 0.404. The van der Waals surface area contributed by atoms with Crippen molar-refractivity contribution in [1.82, 2.24) is 5.32 Å². The van der Waals surface area contributed by atoms with E-state index in [2.05, 4.69) is 18.5 Å². The summed E-state index contributed by atoms with van der Waals surface area (Å²) in [5.41, 5.74) is 0.404. The third kappa shape index (κ3) is 3.10. The average molecular weight is 258 g/mol. The summed E-state index contributed by atoms with van der Waals surface area (Å²) < 4.78 is 0. The molecule has 0 aromatic rings. The topological polar surface area (TPSA) is 24.4 Å². The molecule has 0 amide bonds. The largest absolute Gasteiger partial charge is 0.359 e. The highest BCUT2D eigenvalue weighted by Crippen LogP contribution is 2.36. The third-order valence-electron chi connectivity index (χ3n) is 3.41. The predicted octanol–water partition coefficient (Wildman–Crippen LogP) is 3.13. The Bertz CT molecular complexity index is 260. The van der Waals surface area contributed by atoms with Gasteiger partial charge < -0.3 is 5.32 Å². The van der Waals surface area contributed by atoms with Crippen LogP contribution in [0.2, 0.25) is 0 Å². The fraction of sp³-hybridized carbons (Fsp3) is 0.917. The summed E-state index contributed by atoms with van der Waals surface area (Å²) in [6.07, 6.45) is 9.03. The van der Waals surface area contributed by atoms with Crippen LogP contribution < -0.4 is 5.32 Å². The molecule has 16 heavy (non-hydrogen) atoms. The van der Waals surface area contributed by atoms with Crippen molar-refractivity contribution >= 4 is 28.7 Å². The molecule has 2 fully saturated rings. The summed E-state index contributed by atoms with van der Waals surface area (Å²) in [7, 11) is 0. The maximum atomic E-state index is 4.76. The van der Waals surface area contributed by atoms with Gasteiger partial charge in [-0.1, -0.05) is 31.0 Å². The van der Waals surface area contributed by atoms with Crippen molar-refractivity contribution in [3.05, 3.63) is 0 Å². The molecule has 4 heteroatoms. The van der Waals surface area contributed by atoms with Crippen molar-refractivity contribution in [2.45, 2.75) is 50.6 Å². The van der Waals surface area contributed by atoms with Crippen LogP contribution in [-0.4, -0.2) is 34.5 Å². The Morgan fingerprint density at radius 2 is 2.19 bits per heavy atom. The lowest BCUT2D eigenvalue weighted by atomic mass is 9.83. The molecule has 1 unspecified atom stereocenters. The third-order valence-corrected chi connectivity index (χ3v) is 5.41. The molecule has 2 rings (SSSR count). The van der Waals surface area contributed by atoms with E-state index in [1.54, 1.807) is 0 Å². The minimum Gasteiger partial charge on any atom is -0.359 e. The fourth-order valence-corrected chi connectivity index (χ4v) is 4.43. The maximum Gasteiger partial charge on any atom is 0.157 e. The van der Waals surface area contributed by atoms with Crippen molar-refractivity contribution in [3.63, 3.8) is 0 Å². The van der Waals surface area contributed by atoms with Gasteiger partial charge in [-0.05, 0) is 26.0 Å². The van der Waals surface area contributed by atoms with Gasteiger partial charge in [0.2, 0.25) is 0 Å². The van der Waals surface area contributed by atoms with Crippen molar-refractivity contribution in [2.75, 3.05) is 17.8 Å². The number of hydrogen-bond acceptors (Lipinski definition) is 3. The lowest BCUT2D eigenvalue weighted by molar-refractivity contribution is 0.303. The van der Waals surface area contributed by atoms with Gasteiger partial charge in [-0.25, -0.2) is 0 Å². The second-order valence-corrected chi connectivity index (χ2v) is 6.87. The molecule has 1 saturated carbocycles. The summed E-state index contributed by atoms with van der Waals surface area (Å²) in [5, 5.41) is 4.90. The van der Waals surface area contributed by atoms with Gasteiger partial charge in [0, 0.05) is 17.0 Å². The Morgan fingerprint density at radius 1 is 1.44 bits per heavy atom. The van der Waals surface area contributed by atoms with Crippen molar-refractivity contribution in [1.29, 1.82) is 0 Å². The Balaban J connectivity index is 1.91. The van der Waals surface area contributed by atoms with E-state index in [0.29, 0.717) is 11.6 Å². The quantitative estimate of drug-likeness (QED) is 0.841.